The number of rotatable bonds is 4. The maximum Gasteiger partial charge on any atom is 0.297 e. The van der Waals surface area contributed by atoms with Gasteiger partial charge in [0.2, 0.25) is 0 Å². The van der Waals surface area contributed by atoms with Crippen molar-refractivity contribution in [3.63, 3.8) is 0 Å². The van der Waals surface area contributed by atoms with Gasteiger partial charge in [0.15, 0.2) is 0 Å². The minimum absolute atomic E-state index is 0.0335. The van der Waals surface area contributed by atoms with Gasteiger partial charge >= 0.3 is 0 Å². The minimum Gasteiger partial charge on any atom is -0.468 e. The number of para-hydroxylation sites is 2. The Morgan fingerprint density at radius 3 is 1.63 bits per heavy atom. The number of furan rings is 1. The smallest absolute Gasteiger partial charge is 0.297 e. The first-order chi connectivity index (χ1) is 37.7. The molecule has 3 aliphatic rings. The molecular weight excluding hydrogens is 980 g/mol. The molecule has 0 aliphatic carbocycles. The fourth-order valence-corrected chi connectivity index (χ4v) is 14.4. The van der Waals surface area contributed by atoms with Crippen molar-refractivity contribution in [1.82, 2.24) is 4.57 Å². The lowest BCUT2D eigenvalue weighted by Gasteiger charge is -2.46. The zero-order valence-electron chi connectivity index (χ0n) is 47.4. The molecular formula is C72H65BN4OS. The summed E-state index contributed by atoms with van der Waals surface area (Å²) in [6, 6.07) is 67.0. The van der Waals surface area contributed by atoms with Gasteiger partial charge in [0.25, 0.3) is 6.71 Å². The molecule has 7 heteroatoms. The van der Waals surface area contributed by atoms with Crippen LogP contribution in [0.4, 0.5) is 51.2 Å². The second-order valence-corrected chi connectivity index (χ2v) is 27.7. The summed E-state index contributed by atoms with van der Waals surface area (Å²) in [4.78, 5) is 7.77. The highest BCUT2D eigenvalue weighted by atomic mass is 32.1. The summed E-state index contributed by atoms with van der Waals surface area (Å²) in [5.41, 5.74) is 23.0. The number of hydrogen-bond donors (Lipinski definition) is 0. The number of benzene rings is 9. The first-order valence-electron chi connectivity index (χ1n) is 28.2. The van der Waals surface area contributed by atoms with E-state index in [-0.39, 0.29) is 28.4 Å². The summed E-state index contributed by atoms with van der Waals surface area (Å²) >= 11 is 1.89. The van der Waals surface area contributed by atoms with Gasteiger partial charge < -0.3 is 23.7 Å². The van der Waals surface area contributed by atoms with Crippen LogP contribution in [0.2, 0.25) is 0 Å². The Morgan fingerprint density at radius 2 is 0.975 bits per heavy atom. The fourth-order valence-electron chi connectivity index (χ4n) is 13.2. The van der Waals surface area contributed by atoms with E-state index in [0.717, 1.165) is 56.4 Å². The van der Waals surface area contributed by atoms with Crippen LogP contribution in [0.1, 0.15) is 105 Å². The molecule has 6 heterocycles. The van der Waals surface area contributed by atoms with E-state index in [1.807, 2.05) is 11.3 Å². The highest BCUT2D eigenvalue weighted by Gasteiger charge is 2.50. The van der Waals surface area contributed by atoms with Crippen molar-refractivity contribution in [1.29, 1.82) is 0 Å². The Labute approximate surface area is 468 Å². The van der Waals surface area contributed by atoms with Gasteiger partial charge in [-0.05, 0) is 146 Å². The number of thiophene rings is 1. The Balaban J connectivity index is 1.16. The maximum absolute atomic E-state index is 7.67. The van der Waals surface area contributed by atoms with Crippen LogP contribution < -0.4 is 31.3 Å². The van der Waals surface area contributed by atoms with Crippen LogP contribution in [0.15, 0.2) is 180 Å². The fraction of sp³-hybridized carbons (Fsp3) is 0.222. The number of nitrogens with zero attached hydrogens (tertiary/aromatic N) is 4. The summed E-state index contributed by atoms with van der Waals surface area (Å²) in [5.74, 6) is 0. The van der Waals surface area contributed by atoms with Crippen molar-refractivity contribution < 1.29 is 4.42 Å². The van der Waals surface area contributed by atoms with Gasteiger partial charge in [-0.3, -0.25) is 0 Å². The molecule has 0 saturated heterocycles. The standard InChI is InChI=1S/C72H65BN4OS/c1-69(2,3)42-30-32-55-51(34-42)52-36-44(71(7,8)9)38-59-64(52)75(55)60-39-45(72(10,11)12)37-54-66(60)77(59)58-41-48(74(46-22-15-13-16-23-46)47-24-17-14-18-25-47)40-57-63(58)73(54)68-65(53-35-43(70(4,5)6)31-33-61(53)78-68)76(57)56-28-21-27-50-49-26-19-20-29-62(49)79-67(50)56/h13-41H,1-12H3. The SMILES string of the molecule is CC(C)(C)c1cc2c3c(c1)-n1c4ccc(C(C)(C)C)cc4c4cc(C(C)(C)C)cc(c41)N3c1cc(N(c3ccccc3)c3ccccc3)cc3c1B2c1oc2ccc(C(C)(C)C)cc2c1N3c1cccc2c1sc1ccccc12. The van der Waals surface area contributed by atoms with Gasteiger partial charge in [-0.15, -0.1) is 11.3 Å². The van der Waals surface area contributed by atoms with E-state index in [1.54, 1.807) is 0 Å². The van der Waals surface area contributed by atoms with E-state index in [4.69, 9.17) is 4.42 Å². The third kappa shape index (κ3) is 7.00. The molecule has 0 unspecified atom stereocenters. The van der Waals surface area contributed by atoms with Crippen LogP contribution in [-0.2, 0) is 21.7 Å². The van der Waals surface area contributed by atoms with Crippen LogP contribution in [-0.4, -0.2) is 11.3 Å². The van der Waals surface area contributed by atoms with Crippen LogP contribution in [0.3, 0.4) is 0 Å². The molecule has 0 fully saturated rings. The zero-order chi connectivity index (χ0) is 54.4. The van der Waals surface area contributed by atoms with Crippen LogP contribution >= 0.6 is 11.3 Å². The average molecular weight is 1050 g/mol. The molecule has 5 nitrogen and oxygen atoms in total. The lowest BCUT2D eigenvalue weighted by atomic mass is 9.35. The second kappa shape index (κ2) is 16.3. The molecule has 0 bridgehead atoms. The van der Waals surface area contributed by atoms with E-state index in [2.05, 4.69) is 278 Å². The molecule has 0 saturated carbocycles. The molecule has 0 amide bonds. The summed E-state index contributed by atoms with van der Waals surface area (Å²) in [7, 11) is 0. The van der Waals surface area contributed by atoms with Gasteiger partial charge in [0.05, 0.1) is 55.5 Å². The van der Waals surface area contributed by atoms with Crippen molar-refractivity contribution >= 4 is 139 Å². The van der Waals surface area contributed by atoms with E-state index < -0.39 is 0 Å². The summed E-state index contributed by atoms with van der Waals surface area (Å²) < 4.78 is 12.8. The molecule has 3 aromatic heterocycles. The lowest BCUT2D eigenvalue weighted by molar-refractivity contribution is 0.589. The molecule has 0 N–H and O–H groups in total. The Bertz CT molecular complexity index is 4510. The summed E-state index contributed by atoms with van der Waals surface area (Å²) in [6.07, 6.45) is 0. The molecule has 0 atom stereocenters. The zero-order valence-corrected chi connectivity index (χ0v) is 48.2. The van der Waals surface area contributed by atoms with E-state index in [9.17, 15) is 0 Å². The average Bonchev–Trinajstić information content (AvgIpc) is 3.28. The van der Waals surface area contributed by atoms with E-state index in [1.165, 1.54) is 92.2 Å². The van der Waals surface area contributed by atoms with E-state index >= 15 is 0 Å². The molecule has 388 valence electrons. The Hall–Kier alpha value is -8.00. The number of anilines is 9. The van der Waals surface area contributed by atoms with E-state index in [0.29, 0.717) is 0 Å². The third-order valence-corrected chi connectivity index (χ3v) is 18.6. The Morgan fingerprint density at radius 1 is 0.418 bits per heavy atom. The highest BCUT2D eigenvalue weighted by Crippen LogP contribution is 2.57. The minimum atomic E-state index is -0.260. The van der Waals surface area contributed by atoms with Crippen LogP contribution in [0.5, 0.6) is 0 Å². The van der Waals surface area contributed by atoms with Crippen molar-refractivity contribution in [3.05, 3.63) is 198 Å². The monoisotopic (exact) mass is 1040 g/mol. The number of hydrogen-bond acceptors (Lipinski definition) is 5. The molecule has 3 aliphatic heterocycles. The van der Waals surface area contributed by atoms with Crippen molar-refractivity contribution in [2.45, 2.75) is 105 Å². The van der Waals surface area contributed by atoms with Crippen molar-refractivity contribution in [3.8, 4) is 5.69 Å². The quantitative estimate of drug-likeness (QED) is 0.164. The molecule has 9 aromatic carbocycles. The first kappa shape index (κ1) is 48.2. The maximum atomic E-state index is 7.67. The normalized spacial score (nSPS) is 14.0. The molecule has 79 heavy (non-hydrogen) atoms. The molecule has 0 spiro atoms. The van der Waals surface area contributed by atoms with Crippen molar-refractivity contribution in [2.75, 3.05) is 14.7 Å². The molecule has 12 aromatic rings. The van der Waals surface area contributed by atoms with Gasteiger partial charge in [0.1, 0.15) is 5.58 Å². The topological polar surface area (TPSA) is 27.8 Å². The lowest BCUT2D eigenvalue weighted by Crippen LogP contribution is -2.61. The second-order valence-electron chi connectivity index (χ2n) is 26.7. The highest BCUT2D eigenvalue weighted by molar-refractivity contribution is 7.26. The molecule has 15 rings (SSSR count). The first-order valence-corrected chi connectivity index (χ1v) is 29.0. The van der Waals surface area contributed by atoms with Gasteiger partial charge in [0, 0.05) is 54.4 Å². The molecule has 0 radical (unpaired) electrons. The van der Waals surface area contributed by atoms with Gasteiger partial charge in [-0.1, -0.05) is 168 Å². The predicted molar refractivity (Wildman–Crippen MR) is 341 cm³/mol. The Kier molecular flexibility index (Phi) is 9.94. The number of fused-ring (bicyclic) bond motifs is 14. The summed E-state index contributed by atoms with van der Waals surface area (Å²) in [6.45, 7) is 27.9. The van der Waals surface area contributed by atoms with Crippen LogP contribution in [0.25, 0.3) is 58.6 Å². The van der Waals surface area contributed by atoms with Gasteiger partial charge in [-0.2, -0.15) is 0 Å². The predicted octanol–water partition coefficient (Wildman–Crippen LogP) is 19.0. The largest absolute Gasteiger partial charge is 0.468 e. The summed E-state index contributed by atoms with van der Waals surface area (Å²) in [5, 5.41) is 6.23. The van der Waals surface area contributed by atoms with Gasteiger partial charge in [-0.25, -0.2) is 0 Å². The third-order valence-electron chi connectivity index (χ3n) is 17.4. The van der Waals surface area contributed by atoms with Crippen LogP contribution in [0, 0.1) is 0 Å². The van der Waals surface area contributed by atoms with Crippen molar-refractivity contribution in [2.24, 2.45) is 0 Å². The number of aromatic nitrogens is 1.